The third kappa shape index (κ3) is 1.97. The fourth-order valence-electron chi connectivity index (χ4n) is 5.27. The number of esters is 1. The van der Waals surface area contributed by atoms with Crippen molar-refractivity contribution in [3.8, 4) is 0 Å². The normalized spacial score (nSPS) is 47.8. The number of carbonyl (C=O) groups excluding carboxylic acids is 2. The minimum atomic E-state index is -0.449. The van der Waals surface area contributed by atoms with Gasteiger partial charge in [-0.25, -0.2) is 0 Å². The number of hydrogen-bond donors (Lipinski definition) is 0. The van der Waals surface area contributed by atoms with Gasteiger partial charge in [0, 0.05) is 24.7 Å². The van der Waals surface area contributed by atoms with Crippen LogP contribution in [0.25, 0.3) is 0 Å². The number of cyclic esters (lactones) is 1. The van der Waals surface area contributed by atoms with Crippen molar-refractivity contribution in [2.24, 2.45) is 29.6 Å². The van der Waals surface area contributed by atoms with Gasteiger partial charge in [-0.2, -0.15) is 0 Å². The monoisotopic (exact) mass is 294 g/mol. The lowest BCUT2D eigenvalue weighted by Crippen LogP contribution is -2.49. The minimum absolute atomic E-state index is 0.0612. The molecule has 5 nitrogen and oxygen atoms in total. The van der Waals surface area contributed by atoms with Crippen molar-refractivity contribution >= 4 is 12.3 Å². The van der Waals surface area contributed by atoms with E-state index in [0.717, 1.165) is 32.0 Å². The molecule has 4 rings (SSSR count). The summed E-state index contributed by atoms with van der Waals surface area (Å²) >= 11 is 0. The van der Waals surface area contributed by atoms with E-state index in [1.807, 2.05) is 6.92 Å². The number of rotatable bonds is 1. The maximum absolute atomic E-state index is 12.1. The van der Waals surface area contributed by atoms with E-state index < -0.39 is 5.79 Å². The van der Waals surface area contributed by atoms with E-state index in [2.05, 4.69) is 0 Å². The molecule has 21 heavy (non-hydrogen) atoms. The summed E-state index contributed by atoms with van der Waals surface area (Å²) < 4.78 is 17.1. The lowest BCUT2D eigenvalue weighted by Gasteiger charge is -2.48. The predicted molar refractivity (Wildman–Crippen MR) is 72.2 cm³/mol. The van der Waals surface area contributed by atoms with Crippen molar-refractivity contribution in [3.05, 3.63) is 0 Å². The SMILES string of the molecule is C[C@H]1OC(=O)[C@@H]2C[C@@H]3CC4(CC[C@H]3[C@H](C=O)[C@H]12)OCCO4. The van der Waals surface area contributed by atoms with E-state index in [9.17, 15) is 9.59 Å². The summed E-state index contributed by atoms with van der Waals surface area (Å²) in [5, 5.41) is 0. The molecule has 0 amide bonds. The van der Waals surface area contributed by atoms with Gasteiger partial charge < -0.3 is 19.0 Å². The smallest absolute Gasteiger partial charge is 0.309 e. The lowest BCUT2D eigenvalue weighted by atomic mass is 9.57. The van der Waals surface area contributed by atoms with Crippen LogP contribution in [0.2, 0.25) is 0 Å². The zero-order valence-corrected chi connectivity index (χ0v) is 12.3. The largest absolute Gasteiger partial charge is 0.462 e. The lowest BCUT2D eigenvalue weighted by molar-refractivity contribution is -0.206. The topological polar surface area (TPSA) is 61.8 Å². The molecule has 2 aliphatic heterocycles. The van der Waals surface area contributed by atoms with Gasteiger partial charge in [0.05, 0.1) is 19.1 Å². The van der Waals surface area contributed by atoms with Crippen LogP contribution < -0.4 is 0 Å². The molecule has 116 valence electrons. The molecule has 4 fully saturated rings. The molecule has 0 N–H and O–H groups in total. The molecule has 0 aromatic rings. The summed E-state index contributed by atoms with van der Waals surface area (Å²) in [6.45, 7) is 3.23. The van der Waals surface area contributed by atoms with Crippen LogP contribution in [0.15, 0.2) is 0 Å². The first-order valence-corrected chi connectivity index (χ1v) is 8.07. The Morgan fingerprint density at radius 1 is 1.29 bits per heavy atom. The second-order valence-electron chi connectivity index (χ2n) is 7.05. The fraction of sp³-hybridized carbons (Fsp3) is 0.875. The van der Waals surface area contributed by atoms with Crippen LogP contribution in [0.4, 0.5) is 0 Å². The van der Waals surface area contributed by atoms with Crippen LogP contribution in [0.1, 0.15) is 32.6 Å². The van der Waals surface area contributed by atoms with Crippen LogP contribution in [-0.4, -0.2) is 37.4 Å². The van der Waals surface area contributed by atoms with E-state index in [0.29, 0.717) is 25.0 Å². The fourth-order valence-corrected chi connectivity index (χ4v) is 5.27. The van der Waals surface area contributed by atoms with Gasteiger partial charge in [-0.05, 0) is 31.6 Å². The van der Waals surface area contributed by atoms with Gasteiger partial charge in [-0.3, -0.25) is 4.79 Å². The van der Waals surface area contributed by atoms with Crippen LogP contribution in [0.5, 0.6) is 0 Å². The molecular weight excluding hydrogens is 272 g/mol. The van der Waals surface area contributed by atoms with Crippen molar-refractivity contribution in [2.45, 2.75) is 44.5 Å². The molecule has 0 aromatic carbocycles. The highest BCUT2D eigenvalue weighted by molar-refractivity contribution is 5.76. The third-order valence-corrected chi connectivity index (χ3v) is 6.11. The average molecular weight is 294 g/mol. The van der Waals surface area contributed by atoms with Crippen molar-refractivity contribution in [1.82, 2.24) is 0 Å². The van der Waals surface area contributed by atoms with E-state index in [1.165, 1.54) is 0 Å². The zero-order valence-electron chi connectivity index (χ0n) is 12.3. The summed E-state index contributed by atoms with van der Waals surface area (Å²) in [6.07, 6.45) is 4.37. The second kappa shape index (κ2) is 4.78. The standard InChI is InChI=1S/C16H22O5/c1-9-14-12(15(18)21-9)6-10-7-16(19-4-5-20-16)3-2-11(10)13(14)8-17/h8-14H,2-7H2,1H3/t9-,10-,11-,12-,13+,14-/m1/s1. The highest BCUT2D eigenvalue weighted by Crippen LogP contribution is 2.55. The van der Waals surface area contributed by atoms with E-state index >= 15 is 0 Å². The van der Waals surface area contributed by atoms with Crippen molar-refractivity contribution in [3.63, 3.8) is 0 Å². The number of carbonyl (C=O) groups is 2. The van der Waals surface area contributed by atoms with E-state index in [1.54, 1.807) is 0 Å². The molecule has 4 aliphatic rings. The summed E-state index contributed by atoms with van der Waals surface area (Å²) in [4.78, 5) is 23.8. The second-order valence-corrected chi connectivity index (χ2v) is 7.05. The molecule has 0 unspecified atom stereocenters. The third-order valence-electron chi connectivity index (χ3n) is 6.11. The minimum Gasteiger partial charge on any atom is -0.462 e. The maximum atomic E-state index is 12.1. The van der Waals surface area contributed by atoms with Crippen LogP contribution in [0, 0.1) is 29.6 Å². The van der Waals surface area contributed by atoms with Gasteiger partial charge in [0.15, 0.2) is 5.79 Å². The Kier molecular flexibility index (Phi) is 3.12. The summed E-state index contributed by atoms with van der Waals surface area (Å²) in [5.41, 5.74) is 0. The van der Waals surface area contributed by atoms with Gasteiger partial charge >= 0.3 is 5.97 Å². The summed E-state index contributed by atoms with van der Waals surface area (Å²) in [6, 6.07) is 0. The molecule has 2 saturated heterocycles. The average Bonchev–Trinajstić information content (AvgIpc) is 3.03. The molecule has 0 radical (unpaired) electrons. The first-order valence-electron chi connectivity index (χ1n) is 8.07. The Hall–Kier alpha value is -0.940. The molecular formula is C16H22O5. The van der Waals surface area contributed by atoms with Crippen LogP contribution >= 0.6 is 0 Å². The highest BCUT2D eigenvalue weighted by Gasteiger charge is 2.57. The summed E-state index contributed by atoms with van der Waals surface area (Å²) in [5.74, 6) is -0.0103. The van der Waals surface area contributed by atoms with Gasteiger partial charge in [-0.1, -0.05) is 0 Å². The van der Waals surface area contributed by atoms with Gasteiger partial charge in [-0.15, -0.1) is 0 Å². The molecule has 5 heteroatoms. The van der Waals surface area contributed by atoms with Gasteiger partial charge in [0.25, 0.3) is 0 Å². The van der Waals surface area contributed by atoms with Crippen molar-refractivity contribution in [2.75, 3.05) is 13.2 Å². The van der Waals surface area contributed by atoms with Gasteiger partial charge in [0.2, 0.25) is 0 Å². The Labute approximate surface area is 124 Å². The molecule has 2 aliphatic carbocycles. The Morgan fingerprint density at radius 3 is 2.76 bits per heavy atom. The Balaban J connectivity index is 1.61. The molecule has 6 atom stereocenters. The molecule has 2 saturated carbocycles. The van der Waals surface area contributed by atoms with E-state index in [-0.39, 0.29) is 29.8 Å². The first-order chi connectivity index (χ1) is 10.1. The number of fused-ring (bicyclic) bond motifs is 2. The molecule has 0 aromatic heterocycles. The maximum Gasteiger partial charge on any atom is 0.309 e. The van der Waals surface area contributed by atoms with Crippen molar-refractivity contribution < 1.29 is 23.8 Å². The summed E-state index contributed by atoms with van der Waals surface area (Å²) in [7, 11) is 0. The van der Waals surface area contributed by atoms with E-state index in [4.69, 9.17) is 14.2 Å². The Morgan fingerprint density at radius 2 is 2.05 bits per heavy atom. The van der Waals surface area contributed by atoms with Crippen LogP contribution in [-0.2, 0) is 23.8 Å². The molecule has 1 spiro atoms. The number of ether oxygens (including phenoxy) is 3. The highest BCUT2D eigenvalue weighted by atomic mass is 16.7. The Bertz CT molecular complexity index is 456. The quantitative estimate of drug-likeness (QED) is 0.542. The van der Waals surface area contributed by atoms with Crippen LogP contribution in [0.3, 0.4) is 0 Å². The zero-order chi connectivity index (χ0) is 14.6. The number of aldehydes is 1. The van der Waals surface area contributed by atoms with Crippen molar-refractivity contribution in [1.29, 1.82) is 0 Å². The first kappa shape index (κ1) is 13.7. The molecule has 0 bridgehead atoms. The molecule has 2 heterocycles. The number of hydrogen-bond acceptors (Lipinski definition) is 5. The predicted octanol–water partition coefficient (Wildman–Crippen LogP) is 1.54. The van der Waals surface area contributed by atoms with Gasteiger partial charge in [0.1, 0.15) is 12.4 Å².